The van der Waals surface area contributed by atoms with Gasteiger partial charge in [0.05, 0.1) is 7.11 Å². The topological polar surface area (TPSA) is 55.4 Å². The van der Waals surface area contributed by atoms with Gasteiger partial charge < -0.3 is 10.1 Å². The predicted octanol–water partition coefficient (Wildman–Crippen LogP) is 3.30. The number of ether oxygens (including phenoxy) is 1. The smallest absolute Gasteiger partial charge is 0.328 e. The standard InChI is InChI=1S/C17H31NO3/c1-12(2)10-14(15(19)21-5)18-16(20)17(11-13(3)4)8-6-7-9-17/h12-14H,6-11H2,1-5H3,(H,18,20). The van der Waals surface area contributed by atoms with Crippen LogP contribution in [0, 0.1) is 17.3 Å². The van der Waals surface area contributed by atoms with Crippen molar-refractivity contribution in [2.45, 2.75) is 72.3 Å². The number of hydrogen-bond donors (Lipinski definition) is 1. The van der Waals surface area contributed by atoms with Crippen molar-refractivity contribution in [1.29, 1.82) is 0 Å². The minimum absolute atomic E-state index is 0.0461. The van der Waals surface area contributed by atoms with E-state index in [0.717, 1.165) is 32.1 Å². The maximum atomic E-state index is 12.8. The first-order chi connectivity index (χ1) is 9.80. The predicted molar refractivity (Wildman–Crippen MR) is 83.8 cm³/mol. The number of esters is 1. The number of amides is 1. The van der Waals surface area contributed by atoms with Crippen LogP contribution in [0.5, 0.6) is 0 Å². The second-order valence-corrected chi connectivity index (χ2v) is 7.26. The van der Waals surface area contributed by atoms with Gasteiger partial charge in [-0.05, 0) is 37.5 Å². The Kier molecular flexibility index (Phi) is 6.69. The molecule has 21 heavy (non-hydrogen) atoms. The molecule has 4 nitrogen and oxygen atoms in total. The second-order valence-electron chi connectivity index (χ2n) is 7.26. The number of nitrogens with one attached hydrogen (secondary N) is 1. The zero-order valence-electron chi connectivity index (χ0n) is 14.2. The van der Waals surface area contributed by atoms with E-state index in [1.54, 1.807) is 0 Å². The maximum Gasteiger partial charge on any atom is 0.328 e. The lowest BCUT2D eigenvalue weighted by atomic mass is 9.77. The SMILES string of the molecule is COC(=O)C(CC(C)C)NC(=O)C1(CC(C)C)CCCC1. The summed E-state index contributed by atoms with van der Waals surface area (Å²) in [7, 11) is 1.38. The Hall–Kier alpha value is -1.06. The van der Waals surface area contributed by atoms with E-state index < -0.39 is 6.04 Å². The number of rotatable bonds is 7. The number of hydrogen-bond acceptors (Lipinski definition) is 3. The van der Waals surface area contributed by atoms with Crippen molar-refractivity contribution >= 4 is 11.9 Å². The summed E-state index contributed by atoms with van der Waals surface area (Å²) in [6.45, 7) is 8.39. The highest BCUT2D eigenvalue weighted by molar-refractivity contribution is 5.88. The molecule has 122 valence electrons. The van der Waals surface area contributed by atoms with E-state index in [4.69, 9.17) is 4.74 Å². The first-order valence-electron chi connectivity index (χ1n) is 8.19. The molecule has 1 rings (SSSR count). The van der Waals surface area contributed by atoms with Crippen LogP contribution in [0.3, 0.4) is 0 Å². The van der Waals surface area contributed by atoms with E-state index in [9.17, 15) is 9.59 Å². The molecule has 1 N–H and O–H groups in total. The van der Waals surface area contributed by atoms with Crippen molar-refractivity contribution in [3.05, 3.63) is 0 Å². The van der Waals surface area contributed by atoms with Crippen LogP contribution in [0.4, 0.5) is 0 Å². The molecule has 0 radical (unpaired) electrons. The monoisotopic (exact) mass is 297 g/mol. The van der Waals surface area contributed by atoms with E-state index >= 15 is 0 Å². The molecule has 0 aromatic carbocycles. The molecule has 1 saturated carbocycles. The molecule has 4 heteroatoms. The summed E-state index contributed by atoms with van der Waals surface area (Å²) in [5, 5.41) is 2.97. The summed E-state index contributed by atoms with van der Waals surface area (Å²) in [5.41, 5.74) is -0.280. The van der Waals surface area contributed by atoms with Gasteiger partial charge in [0.2, 0.25) is 5.91 Å². The Bertz CT molecular complexity index is 357. The average molecular weight is 297 g/mol. The van der Waals surface area contributed by atoms with Gasteiger partial charge in [0.1, 0.15) is 6.04 Å². The molecule has 0 heterocycles. The highest BCUT2D eigenvalue weighted by atomic mass is 16.5. The normalized spacial score (nSPS) is 18.8. The fraction of sp³-hybridized carbons (Fsp3) is 0.882. The molecule has 1 amide bonds. The lowest BCUT2D eigenvalue weighted by Gasteiger charge is -2.31. The van der Waals surface area contributed by atoms with Gasteiger partial charge in [0, 0.05) is 5.41 Å². The van der Waals surface area contributed by atoms with Crippen molar-refractivity contribution in [3.8, 4) is 0 Å². The fourth-order valence-electron chi connectivity index (χ4n) is 3.50. The minimum atomic E-state index is -0.521. The van der Waals surface area contributed by atoms with Crippen LogP contribution in [0.2, 0.25) is 0 Å². The van der Waals surface area contributed by atoms with Gasteiger partial charge in [0.25, 0.3) is 0 Å². The molecular formula is C17H31NO3. The zero-order chi connectivity index (χ0) is 16.0. The molecule has 1 fully saturated rings. The van der Waals surface area contributed by atoms with Crippen molar-refractivity contribution < 1.29 is 14.3 Å². The largest absolute Gasteiger partial charge is 0.467 e. The van der Waals surface area contributed by atoms with Crippen LogP contribution in [0.1, 0.15) is 66.2 Å². The van der Waals surface area contributed by atoms with E-state index in [1.807, 2.05) is 13.8 Å². The molecule has 0 aliphatic heterocycles. The lowest BCUT2D eigenvalue weighted by Crippen LogP contribution is -2.49. The van der Waals surface area contributed by atoms with E-state index in [2.05, 4.69) is 19.2 Å². The Morgan fingerprint density at radius 2 is 1.67 bits per heavy atom. The Balaban J connectivity index is 2.80. The second kappa shape index (κ2) is 7.81. The highest BCUT2D eigenvalue weighted by Gasteiger charge is 2.42. The quantitative estimate of drug-likeness (QED) is 0.734. The molecule has 0 aromatic rings. The average Bonchev–Trinajstić information content (AvgIpc) is 2.85. The summed E-state index contributed by atoms with van der Waals surface area (Å²) >= 11 is 0. The number of carbonyl (C=O) groups excluding carboxylic acids is 2. The Morgan fingerprint density at radius 1 is 1.10 bits per heavy atom. The number of carbonyl (C=O) groups is 2. The maximum absolute atomic E-state index is 12.8. The molecule has 1 unspecified atom stereocenters. The first-order valence-corrected chi connectivity index (χ1v) is 8.19. The molecule has 0 saturated heterocycles. The van der Waals surface area contributed by atoms with Crippen LogP contribution >= 0.6 is 0 Å². The summed E-state index contributed by atoms with van der Waals surface area (Å²) in [5.74, 6) is 0.522. The van der Waals surface area contributed by atoms with E-state index in [1.165, 1.54) is 7.11 Å². The van der Waals surface area contributed by atoms with Crippen molar-refractivity contribution in [2.75, 3.05) is 7.11 Å². The van der Waals surface area contributed by atoms with Gasteiger partial charge in [-0.3, -0.25) is 4.79 Å². The Labute approximate surface area is 129 Å². The third kappa shape index (κ3) is 5.01. The highest BCUT2D eigenvalue weighted by Crippen LogP contribution is 2.43. The zero-order valence-corrected chi connectivity index (χ0v) is 14.2. The minimum Gasteiger partial charge on any atom is -0.467 e. The van der Waals surface area contributed by atoms with Crippen LogP contribution in [0.15, 0.2) is 0 Å². The third-order valence-corrected chi connectivity index (χ3v) is 4.34. The van der Waals surface area contributed by atoms with E-state index in [0.29, 0.717) is 18.3 Å². The van der Waals surface area contributed by atoms with E-state index in [-0.39, 0.29) is 17.3 Å². The van der Waals surface area contributed by atoms with Crippen molar-refractivity contribution in [1.82, 2.24) is 5.32 Å². The van der Waals surface area contributed by atoms with Gasteiger partial charge in [0.15, 0.2) is 0 Å². The molecular weight excluding hydrogens is 266 g/mol. The summed E-state index contributed by atoms with van der Waals surface area (Å²) < 4.78 is 4.84. The molecule has 0 aromatic heterocycles. The first kappa shape index (κ1) is 18.0. The van der Waals surface area contributed by atoms with Crippen LogP contribution in [0.25, 0.3) is 0 Å². The lowest BCUT2D eigenvalue weighted by molar-refractivity contribution is -0.147. The van der Waals surface area contributed by atoms with Gasteiger partial charge >= 0.3 is 5.97 Å². The summed E-state index contributed by atoms with van der Waals surface area (Å²) in [6.07, 6.45) is 5.60. The van der Waals surface area contributed by atoms with Gasteiger partial charge in [-0.1, -0.05) is 40.5 Å². The summed E-state index contributed by atoms with van der Waals surface area (Å²) in [6, 6.07) is -0.521. The van der Waals surface area contributed by atoms with Gasteiger partial charge in [-0.25, -0.2) is 4.79 Å². The van der Waals surface area contributed by atoms with Gasteiger partial charge in [-0.15, -0.1) is 0 Å². The third-order valence-electron chi connectivity index (χ3n) is 4.34. The van der Waals surface area contributed by atoms with Gasteiger partial charge in [-0.2, -0.15) is 0 Å². The van der Waals surface area contributed by atoms with Crippen molar-refractivity contribution in [2.24, 2.45) is 17.3 Å². The molecule has 0 bridgehead atoms. The molecule has 1 aliphatic rings. The van der Waals surface area contributed by atoms with Crippen LogP contribution in [-0.2, 0) is 14.3 Å². The van der Waals surface area contributed by atoms with Crippen molar-refractivity contribution in [3.63, 3.8) is 0 Å². The van der Waals surface area contributed by atoms with Crippen LogP contribution < -0.4 is 5.32 Å². The van der Waals surface area contributed by atoms with Crippen LogP contribution in [-0.4, -0.2) is 25.0 Å². The Morgan fingerprint density at radius 3 is 2.10 bits per heavy atom. The summed E-state index contributed by atoms with van der Waals surface area (Å²) in [4.78, 5) is 24.7. The fourth-order valence-corrected chi connectivity index (χ4v) is 3.50. The number of methoxy groups -OCH3 is 1. The molecule has 0 spiro atoms. The molecule has 1 atom stereocenters. The molecule has 1 aliphatic carbocycles.